The third-order valence-corrected chi connectivity index (χ3v) is 4.54. The van der Waals surface area contributed by atoms with Gasteiger partial charge in [0.25, 0.3) is 0 Å². The minimum atomic E-state index is 0.791. The van der Waals surface area contributed by atoms with Crippen molar-refractivity contribution in [3.05, 3.63) is 77.4 Å². The van der Waals surface area contributed by atoms with E-state index in [1.807, 2.05) is 36.4 Å². The van der Waals surface area contributed by atoms with Crippen LogP contribution in [0, 0.1) is 0 Å². The molecule has 0 N–H and O–H groups in total. The lowest BCUT2D eigenvalue weighted by Crippen LogP contribution is -1.95. The first-order valence-electron chi connectivity index (χ1n) is 7.34. The predicted molar refractivity (Wildman–Crippen MR) is 100 cm³/mol. The van der Waals surface area contributed by atoms with Crippen molar-refractivity contribution >= 4 is 43.8 Å². The first-order valence-corrected chi connectivity index (χ1v) is 8.13. The molecule has 4 aromatic rings. The molecule has 0 spiro atoms. The normalized spacial score (nSPS) is 11.0. The summed E-state index contributed by atoms with van der Waals surface area (Å²) in [5.74, 6) is 0. The molecular formula is C20H13BrN2. The highest BCUT2D eigenvalue weighted by molar-refractivity contribution is 9.10. The van der Waals surface area contributed by atoms with E-state index in [0.717, 1.165) is 32.5 Å². The summed E-state index contributed by atoms with van der Waals surface area (Å²) in [5, 5.41) is 2.37. The molecule has 110 valence electrons. The lowest BCUT2D eigenvalue weighted by molar-refractivity contribution is 1.27. The molecule has 3 aromatic carbocycles. The molecule has 4 rings (SSSR count). The number of benzene rings is 3. The minimum Gasteiger partial charge on any atom is -0.245 e. The van der Waals surface area contributed by atoms with Gasteiger partial charge in [-0.1, -0.05) is 58.9 Å². The van der Waals surface area contributed by atoms with Crippen molar-refractivity contribution in [1.82, 2.24) is 9.97 Å². The highest BCUT2D eigenvalue weighted by Crippen LogP contribution is 2.34. The van der Waals surface area contributed by atoms with Gasteiger partial charge in [0.2, 0.25) is 0 Å². The van der Waals surface area contributed by atoms with Gasteiger partial charge in [-0.15, -0.1) is 0 Å². The fourth-order valence-electron chi connectivity index (χ4n) is 2.75. The van der Waals surface area contributed by atoms with Crippen LogP contribution in [0.5, 0.6) is 0 Å². The van der Waals surface area contributed by atoms with Crippen molar-refractivity contribution in [2.24, 2.45) is 0 Å². The smallest absolute Gasteiger partial charge is 0.0978 e. The molecule has 0 atom stereocenters. The predicted octanol–water partition coefficient (Wildman–Crippen LogP) is 5.86. The first-order chi connectivity index (χ1) is 11.3. The van der Waals surface area contributed by atoms with Crippen molar-refractivity contribution < 1.29 is 0 Å². The topological polar surface area (TPSA) is 25.8 Å². The van der Waals surface area contributed by atoms with Crippen LogP contribution in [0.3, 0.4) is 0 Å². The summed E-state index contributed by atoms with van der Waals surface area (Å²) in [6, 6.07) is 20.4. The highest BCUT2D eigenvalue weighted by Gasteiger charge is 2.12. The van der Waals surface area contributed by atoms with Crippen molar-refractivity contribution in [3.8, 4) is 11.3 Å². The van der Waals surface area contributed by atoms with E-state index in [0.29, 0.717) is 0 Å². The highest BCUT2D eigenvalue weighted by atomic mass is 79.9. The third kappa shape index (κ3) is 2.43. The van der Waals surface area contributed by atoms with Crippen molar-refractivity contribution in [3.63, 3.8) is 0 Å². The molecule has 0 aliphatic carbocycles. The third-order valence-electron chi connectivity index (χ3n) is 3.88. The molecule has 0 saturated carbocycles. The molecule has 3 heteroatoms. The zero-order chi connectivity index (χ0) is 15.8. The van der Waals surface area contributed by atoms with Gasteiger partial charge in [-0.05, 0) is 41.1 Å². The zero-order valence-corrected chi connectivity index (χ0v) is 13.9. The van der Waals surface area contributed by atoms with E-state index >= 15 is 0 Å². The van der Waals surface area contributed by atoms with E-state index in [2.05, 4.69) is 51.8 Å². The Bertz CT molecular complexity index is 1050. The van der Waals surface area contributed by atoms with Crippen molar-refractivity contribution in [1.29, 1.82) is 0 Å². The lowest BCUT2D eigenvalue weighted by Gasteiger charge is -2.10. The molecule has 0 aliphatic rings. The van der Waals surface area contributed by atoms with Crippen LogP contribution < -0.4 is 0 Å². The SMILES string of the molecule is C=Cc1nc2ccccc2nc1-c1cc2ccccc2cc1Br. The summed E-state index contributed by atoms with van der Waals surface area (Å²) < 4.78 is 1.00. The Hall–Kier alpha value is -2.52. The Kier molecular flexibility index (Phi) is 3.43. The van der Waals surface area contributed by atoms with Crippen LogP contribution >= 0.6 is 15.9 Å². The second-order valence-electron chi connectivity index (χ2n) is 5.33. The number of aromatic nitrogens is 2. The van der Waals surface area contributed by atoms with Gasteiger partial charge in [-0.25, -0.2) is 9.97 Å². The van der Waals surface area contributed by atoms with Gasteiger partial charge in [0.15, 0.2) is 0 Å². The van der Waals surface area contributed by atoms with Gasteiger partial charge >= 0.3 is 0 Å². The Morgan fingerprint density at radius 2 is 1.43 bits per heavy atom. The standard InChI is InChI=1S/C20H13BrN2/c1-2-17-20(23-19-10-6-5-9-18(19)22-17)15-11-13-7-3-4-8-14(13)12-16(15)21/h2-12H,1H2. The van der Waals surface area contributed by atoms with Crippen LogP contribution in [-0.2, 0) is 0 Å². The summed E-state index contributed by atoms with van der Waals surface area (Å²) in [4.78, 5) is 9.51. The number of hydrogen-bond donors (Lipinski definition) is 0. The molecule has 0 fully saturated rings. The molecule has 1 aromatic heterocycles. The van der Waals surface area contributed by atoms with Crippen molar-refractivity contribution in [2.45, 2.75) is 0 Å². The van der Waals surface area contributed by atoms with Gasteiger partial charge < -0.3 is 0 Å². The van der Waals surface area contributed by atoms with E-state index in [-0.39, 0.29) is 0 Å². The summed E-state index contributed by atoms with van der Waals surface area (Å²) in [7, 11) is 0. The second kappa shape index (κ2) is 5.60. The number of hydrogen-bond acceptors (Lipinski definition) is 2. The molecule has 0 bridgehead atoms. The van der Waals surface area contributed by atoms with Crippen LogP contribution in [0.2, 0.25) is 0 Å². The van der Waals surface area contributed by atoms with Gasteiger partial charge in [0.05, 0.1) is 22.4 Å². The lowest BCUT2D eigenvalue weighted by atomic mass is 10.0. The Morgan fingerprint density at radius 3 is 2.13 bits per heavy atom. The van der Waals surface area contributed by atoms with Crippen molar-refractivity contribution in [2.75, 3.05) is 0 Å². The van der Waals surface area contributed by atoms with Crippen LogP contribution in [0.25, 0.3) is 39.1 Å². The maximum atomic E-state index is 4.82. The second-order valence-corrected chi connectivity index (χ2v) is 6.18. The average Bonchev–Trinajstić information content (AvgIpc) is 2.60. The molecule has 2 nitrogen and oxygen atoms in total. The van der Waals surface area contributed by atoms with Gasteiger partial charge in [0, 0.05) is 10.0 Å². The van der Waals surface area contributed by atoms with E-state index in [1.165, 1.54) is 10.8 Å². The zero-order valence-electron chi connectivity index (χ0n) is 12.3. The average molecular weight is 361 g/mol. The van der Waals surface area contributed by atoms with E-state index in [9.17, 15) is 0 Å². The Balaban J connectivity index is 2.04. The van der Waals surface area contributed by atoms with Crippen LogP contribution in [-0.4, -0.2) is 9.97 Å². The quantitative estimate of drug-likeness (QED) is 0.447. The van der Waals surface area contributed by atoms with Gasteiger partial charge in [-0.2, -0.15) is 0 Å². The molecule has 0 radical (unpaired) electrons. The molecule has 0 amide bonds. The molecule has 0 saturated heterocycles. The van der Waals surface area contributed by atoms with E-state index in [1.54, 1.807) is 6.08 Å². The molecule has 0 aliphatic heterocycles. The fraction of sp³-hybridized carbons (Fsp3) is 0. The maximum Gasteiger partial charge on any atom is 0.0978 e. The summed E-state index contributed by atoms with van der Waals surface area (Å²) in [5.41, 5.74) is 4.42. The summed E-state index contributed by atoms with van der Waals surface area (Å²) in [6.07, 6.45) is 1.76. The van der Waals surface area contributed by atoms with Crippen LogP contribution in [0.4, 0.5) is 0 Å². The van der Waals surface area contributed by atoms with E-state index in [4.69, 9.17) is 4.98 Å². The monoisotopic (exact) mass is 360 g/mol. The fourth-order valence-corrected chi connectivity index (χ4v) is 3.30. The molecule has 23 heavy (non-hydrogen) atoms. The molecule has 1 heterocycles. The number of fused-ring (bicyclic) bond motifs is 2. The van der Waals surface area contributed by atoms with Crippen LogP contribution in [0.15, 0.2) is 71.7 Å². The maximum absolute atomic E-state index is 4.82. The van der Waals surface area contributed by atoms with E-state index < -0.39 is 0 Å². The number of nitrogens with zero attached hydrogens (tertiary/aromatic N) is 2. The van der Waals surface area contributed by atoms with Crippen LogP contribution in [0.1, 0.15) is 5.69 Å². The first kappa shape index (κ1) is 14.1. The molecule has 0 unspecified atom stereocenters. The van der Waals surface area contributed by atoms with Gasteiger partial charge in [-0.3, -0.25) is 0 Å². The largest absolute Gasteiger partial charge is 0.245 e. The molecular weight excluding hydrogens is 348 g/mol. The van der Waals surface area contributed by atoms with Gasteiger partial charge in [0.1, 0.15) is 0 Å². The number of halogens is 1. The Labute approximate surface area is 142 Å². The Morgan fingerprint density at radius 1 is 0.826 bits per heavy atom. The summed E-state index contributed by atoms with van der Waals surface area (Å²) >= 11 is 3.68. The minimum absolute atomic E-state index is 0.791. The number of para-hydroxylation sites is 2. The number of rotatable bonds is 2. The summed E-state index contributed by atoms with van der Waals surface area (Å²) in [6.45, 7) is 3.90.